The van der Waals surface area contributed by atoms with Crippen molar-refractivity contribution in [1.29, 1.82) is 0 Å². The Morgan fingerprint density at radius 3 is 2.45 bits per heavy atom. The Bertz CT molecular complexity index is 1350. The van der Waals surface area contributed by atoms with E-state index in [-0.39, 0.29) is 29.4 Å². The van der Waals surface area contributed by atoms with E-state index in [1.807, 2.05) is 30.3 Å². The number of likely N-dealkylation sites (tertiary alicyclic amines) is 1. The number of aliphatic hydroxyl groups is 1. The number of sulfonamides is 1. The highest BCUT2D eigenvalue weighted by atomic mass is 32.2. The van der Waals surface area contributed by atoms with Crippen LogP contribution < -0.4 is 9.46 Å². The summed E-state index contributed by atoms with van der Waals surface area (Å²) in [5.74, 6) is 0.492. The topological polar surface area (TPSA) is 99.2 Å². The summed E-state index contributed by atoms with van der Waals surface area (Å²) >= 11 is 0. The number of amides is 1. The number of carbonyl (C=O) groups is 1. The van der Waals surface area contributed by atoms with Crippen molar-refractivity contribution in [2.45, 2.75) is 49.6 Å². The van der Waals surface area contributed by atoms with Crippen molar-refractivity contribution in [2.75, 3.05) is 38.0 Å². The third-order valence-corrected chi connectivity index (χ3v) is 8.61. The smallest absolute Gasteiger partial charge is 0.261 e. The molecule has 4 rings (SSSR count). The zero-order valence-corrected chi connectivity index (χ0v) is 24.0. The minimum Gasteiger partial charge on any atom is -0.494 e. The van der Waals surface area contributed by atoms with E-state index in [2.05, 4.69) is 16.5 Å². The van der Waals surface area contributed by atoms with Crippen LogP contribution >= 0.6 is 0 Å². The lowest BCUT2D eigenvalue weighted by Crippen LogP contribution is -2.39. The summed E-state index contributed by atoms with van der Waals surface area (Å²) in [4.78, 5) is 17.6. The largest absolute Gasteiger partial charge is 0.494 e. The molecular weight excluding hydrogens is 526 g/mol. The molecule has 3 aromatic rings. The molecule has 1 aliphatic rings. The van der Waals surface area contributed by atoms with Crippen LogP contribution in [0.2, 0.25) is 0 Å². The van der Waals surface area contributed by atoms with Crippen LogP contribution in [0.15, 0.2) is 83.8 Å². The second kappa shape index (κ2) is 13.8. The Kier molecular flexibility index (Phi) is 10.2. The molecule has 2 atom stereocenters. The van der Waals surface area contributed by atoms with E-state index >= 15 is 0 Å². The number of benzene rings is 3. The minimum atomic E-state index is -3.87. The SMILES string of the molecule is CCCCOc1ccc(S(=O)(=O)Nc2ccccc2CC(=O)N(C)[C@H](CN2CC[C@H](O)C2)c2ccccc2)cc1. The molecule has 1 amide bonds. The predicted molar refractivity (Wildman–Crippen MR) is 157 cm³/mol. The number of carbonyl (C=O) groups excluding carboxylic acids is 1. The van der Waals surface area contributed by atoms with Crippen molar-refractivity contribution >= 4 is 21.6 Å². The Morgan fingerprint density at radius 2 is 1.77 bits per heavy atom. The summed E-state index contributed by atoms with van der Waals surface area (Å²) in [6.07, 6.45) is 2.36. The van der Waals surface area contributed by atoms with E-state index in [9.17, 15) is 18.3 Å². The van der Waals surface area contributed by atoms with Gasteiger partial charge in [0.25, 0.3) is 10.0 Å². The molecule has 0 aromatic heterocycles. The first-order valence-electron chi connectivity index (χ1n) is 13.8. The van der Waals surface area contributed by atoms with Gasteiger partial charge in [-0.05, 0) is 54.3 Å². The Labute approximate surface area is 237 Å². The van der Waals surface area contributed by atoms with Crippen LogP contribution in [0, 0.1) is 0 Å². The fraction of sp³-hybridized carbons (Fsp3) is 0.387. The molecule has 1 fully saturated rings. The summed E-state index contributed by atoms with van der Waals surface area (Å²) in [6.45, 7) is 4.64. The molecule has 0 aliphatic carbocycles. The molecule has 0 unspecified atom stereocenters. The first-order chi connectivity index (χ1) is 19.3. The molecule has 1 heterocycles. The molecule has 214 valence electrons. The maximum atomic E-state index is 13.6. The van der Waals surface area contributed by atoms with Gasteiger partial charge >= 0.3 is 0 Å². The van der Waals surface area contributed by atoms with Gasteiger partial charge in [-0.2, -0.15) is 0 Å². The highest BCUT2D eigenvalue weighted by Gasteiger charge is 2.28. The normalized spacial score (nSPS) is 16.4. The van der Waals surface area contributed by atoms with Crippen molar-refractivity contribution in [3.63, 3.8) is 0 Å². The number of rotatable bonds is 13. The molecule has 0 bridgehead atoms. The van der Waals surface area contributed by atoms with E-state index in [1.54, 1.807) is 48.3 Å². The standard InChI is InChI=1S/C31H39N3O5S/c1-3-4-20-39-27-14-16-28(17-15-27)40(37,38)32-29-13-9-8-12-25(29)21-31(36)33(2)30(24-10-6-5-7-11-24)23-34-19-18-26(35)22-34/h5-17,26,30,32,35H,3-4,18-23H2,1-2H3/t26-,30+/m0/s1. The number of aliphatic hydroxyl groups excluding tert-OH is 1. The Morgan fingerprint density at radius 1 is 1.07 bits per heavy atom. The number of nitrogens with one attached hydrogen (secondary N) is 1. The summed E-state index contributed by atoms with van der Waals surface area (Å²) in [6, 6.07) is 23.0. The van der Waals surface area contributed by atoms with Crippen LogP contribution in [0.4, 0.5) is 5.69 Å². The van der Waals surface area contributed by atoms with Crippen molar-refractivity contribution in [3.8, 4) is 5.75 Å². The Balaban J connectivity index is 1.48. The summed E-state index contributed by atoms with van der Waals surface area (Å²) in [7, 11) is -2.09. The third-order valence-electron chi connectivity index (χ3n) is 7.23. The quantitative estimate of drug-likeness (QED) is 0.297. The molecule has 1 saturated heterocycles. The molecular formula is C31H39N3O5S. The average Bonchev–Trinajstić information content (AvgIpc) is 3.37. The second-order valence-corrected chi connectivity index (χ2v) is 11.9. The van der Waals surface area contributed by atoms with Gasteiger partial charge in [0.2, 0.25) is 5.91 Å². The number of hydrogen-bond acceptors (Lipinski definition) is 6. The molecule has 8 nitrogen and oxygen atoms in total. The Hall–Kier alpha value is -3.40. The van der Waals surface area contributed by atoms with Crippen LogP contribution in [-0.2, 0) is 21.2 Å². The molecule has 40 heavy (non-hydrogen) atoms. The van der Waals surface area contributed by atoms with Gasteiger partial charge in [-0.25, -0.2) is 8.42 Å². The first kappa shape index (κ1) is 29.6. The molecule has 3 aromatic carbocycles. The van der Waals surface area contributed by atoms with Gasteiger partial charge in [0.05, 0.1) is 35.8 Å². The lowest BCUT2D eigenvalue weighted by atomic mass is 10.0. The number of nitrogens with zero attached hydrogens (tertiary/aromatic N) is 2. The van der Waals surface area contributed by atoms with Crippen LogP contribution in [0.25, 0.3) is 0 Å². The molecule has 0 saturated carbocycles. The summed E-state index contributed by atoms with van der Waals surface area (Å²) in [5, 5.41) is 10.0. The maximum Gasteiger partial charge on any atom is 0.261 e. The monoisotopic (exact) mass is 565 g/mol. The number of ether oxygens (including phenoxy) is 1. The lowest BCUT2D eigenvalue weighted by molar-refractivity contribution is -0.131. The number of β-amino-alcohol motifs (C(OH)–C–C–N with tert-alkyl or cyclic N) is 1. The zero-order chi connectivity index (χ0) is 28.5. The van der Waals surface area contributed by atoms with Crippen molar-refractivity contribution in [1.82, 2.24) is 9.80 Å². The second-order valence-electron chi connectivity index (χ2n) is 10.2. The third kappa shape index (κ3) is 7.84. The van der Waals surface area contributed by atoms with E-state index in [1.165, 1.54) is 12.1 Å². The summed E-state index contributed by atoms with van der Waals surface area (Å²) < 4.78 is 34.7. The molecule has 0 spiro atoms. The van der Waals surface area contributed by atoms with Gasteiger partial charge in [-0.3, -0.25) is 14.4 Å². The maximum absolute atomic E-state index is 13.6. The number of anilines is 1. The average molecular weight is 566 g/mol. The molecule has 2 N–H and O–H groups in total. The highest BCUT2D eigenvalue weighted by Crippen LogP contribution is 2.26. The van der Waals surface area contributed by atoms with E-state index < -0.39 is 10.0 Å². The van der Waals surface area contributed by atoms with Crippen molar-refractivity contribution < 1.29 is 23.1 Å². The van der Waals surface area contributed by atoms with E-state index in [0.29, 0.717) is 36.7 Å². The fourth-order valence-corrected chi connectivity index (χ4v) is 5.94. The van der Waals surface area contributed by atoms with Gasteiger partial charge in [-0.1, -0.05) is 61.9 Å². The number of para-hydroxylation sites is 1. The van der Waals surface area contributed by atoms with Gasteiger partial charge in [0.1, 0.15) is 5.75 Å². The lowest BCUT2D eigenvalue weighted by Gasteiger charge is -2.32. The van der Waals surface area contributed by atoms with Crippen LogP contribution in [0.5, 0.6) is 5.75 Å². The van der Waals surface area contributed by atoms with Crippen LogP contribution in [0.1, 0.15) is 43.4 Å². The highest BCUT2D eigenvalue weighted by molar-refractivity contribution is 7.92. The van der Waals surface area contributed by atoms with Gasteiger partial charge in [0, 0.05) is 26.7 Å². The number of likely N-dealkylation sites (N-methyl/N-ethyl adjacent to an activating group) is 1. The molecule has 0 radical (unpaired) electrons. The van der Waals surface area contributed by atoms with E-state index in [0.717, 1.165) is 31.4 Å². The predicted octanol–water partition coefficient (Wildman–Crippen LogP) is 4.48. The van der Waals surface area contributed by atoms with Gasteiger partial charge < -0.3 is 14.7 Å². The molecule has 9 heteroatoms. The molecule has 1 aliphatic heterocycles. The zero-order valence-electron chi connectivity index (χ0n) is 23.2. The number of hydrogen-bond donors (Lipinski definition) is 2. The van der Waals surface area contributed by atoms with Gasteiger partial charge in [-0.15, -0.1) is 0 Å². The van der Waals surface area contributed by atoms with Crippen LogP contribution in [-0.4, -0.2) is 68.6 Å². The summed E-state index contributed by atoms with van der Waals surface area (Å²) in [5.41, 5.74) is 1.97. The fourth-order valence-electron chi connectivity index (χ4n) is 4.84. The van der Waals surface area contributed by atoms with Crippen molar-refractivity contribution in [3.05, 3.63) is 90.0 Å². The minimum absolute atomic E-state index is 0.0331. The number of unbranched alkanes of at least 4 members (excludes halogenated alkanes) is 1. The van der Waals surface area contributed by atoms with E-state index in [4.69, 9.17) is 4.74 Å². The van der Waals surface area contributed by atoms with Crippen molar-refractivity contribution in [2.24, 2.45) is 0 Å². The van der Waals surface area contributed by atoms with Crippen LogP contribution in [0.3, 0.4) is 0 Å². The first-order valence-corrected chi connectivity index (χ1v) is 15.3. The van der Waals surface area contributed by atoms with Gasteiger partial charge in [0.15, 0.2) is 0 Å².